The van der Waals surface area contributed by atoms with E-state index in [9.17, 15) is 0 Å². The van der Waals surface area contributed by atoms with Gasteiger partial charge >= 0.3 is 0 Å². The van der Waals surface area contributed by atoms with Gasteiger partial charge in [-0.15, -0.1) is 0 Å². The summed E-state index contributed by atoms with van der Waals surface area (Å²) in [5.41, 5.74) is 3.36. The molecule has 19 heavy (non-hydrogen) atoms. The van der Waals surface area contributed by atoms with Gasteiger partial charge in [-0.1, -0.05) is 6.07 Å². The molecule has 2 saturated heterocycles. The standard InChI is InChI=1S/C16H21N3/c1-11-5-13(6-17)3-4-14(11)9-19-10-15-7-18-8-16(15)12(19)2/h3-5,12,15-16,18H,7-10H2,1-2H3. The zero-order valence-corrected chi connectivity index (χ0v) is 11.7. The fraction of sp³-hybridized carbons (Fsp3) is 0.562. The second kappa shape index (κ2) is 4.96. The maximum Gasteiger partial charge on any atom is 0.0991 e. The Hall–Kier alpha value is -1.37. The monoisotopic (exact) mass is 255 g/mol. The lowest BCUT2D eigenvalue weighted by Crippen LogP contribution is -2.32. The Labute approximate surface area is 115 Å². The van der Waals surface area contributed by atoms with E-state index in [4.69, 9.17) is 5.26 Å². The zero-order chi connectivity index (χ0) is 13.4. The first-order valence-electron chi connectivity index (χ1n) is 7.13. The highest BCUT2D eigenvalue weighted by Crippen LogP contribution is 2.33. The minimum absolute atomic E-state index is 0.662. The number of nitrogens with zero attached hydrogens (tertiary/aromatic N) is 2. The van der Waals surface area contributed by atoms with Crippen molar-refractivity contribution < 1.29 is 0 Å². The van der Waals surface area contributed by atoms with Crippen LogP contribution in [0, 0.1) is 30.1 Å². The summed E-state index contributed by atoms with van der Waals surface area (Å²) in [6.07, 6.45) is 0. The van der Waals surface area contributed by atoms with Crippen molar-refractivity contribution in [1.29, 1.82) is 5.26 Å². The second-order valence-electron chi connectivity index (χ2n) is 6.01. The lowest BCUT2D eigenvalue weighted by molar-refractivity contribution is 0.231. The Kier molecular flexibility index (Phi) is 3.30. The molecule has 1 aromatic rings. The molecule has 0 aliphatic carbocycles. The van der Waals surface area contributed by atoms with Crippen molar-refractivity contribution in [1.82, 2.24) is 10.2 Å². The first-order chi connectivity index (χ1) is 9.19. The van der Waals surface area contributed by atoms with Crippen LogP contribution in [0.5, 0.6) is 0 Å². The number of nitrogens with one attached hydrogen (secondary N) is 1. The molecule has 3 heteroatoms. The average Bonchev–Trinajstić information content (AvgIpc) is 2.96. The molecule has 0 spiro atoms. The number of fused-ring (bicyclic) bond motifs is 1. The van der Waals surface area contributed by atoms with Crippen molar-refractivity contribution in [2.75, 3.05) is 19.6 Å². The molecule has 0 radical (unpaired) electrons. The van der Waals surface area contributed by atoms with Crippen LogP contribution in [-0.2, 0) is 6.54 Å². The van der Waals surface area contributed by atoms with Crippen molar-refractivity contribution in [3.63, 3.8) is 0 Å². The van der Waals surface area contributed by atoms with Crippen LogP contribution in [0.15, 0.2) is 18.2 Å². The highest BCUT2D eigenvalue weighted by atomic mass is 15.2. The maximum absolute atomic E-state index is 8.92. The molecule has 3 atom stereocenters. The molecule has 0 saturated carbocycles. The number of benzene rings is 1. The summed E-state index contributed by atoms with van der Waals surface area (Å²) in [5, 5.41) is 12.4. The van der Waals surface area contributed by atoms with Crippen molar-refractivity contribution in [2.45, 2.75) is 26.4 Å². The molecule has 3 nitrogen and oxygen atoms in total. The summed E-state index contributed by atoms with van der Waals surface area (Å²) in [4.78, 5) is 2.60. The predicted molar refractivity (Wildman–Crippen MR) is 75.6 cm³/mol. The van der Waals surface area contributed by atoms with Gasteiger partial charge in [0.15, 0.2) is 0 Å². The van der Waals surface area contributed by atoms with Gasteiger partial charge in [-0.2, -0.15) is 5.26 Å². The highest BCUT2D eigenvalue weighted by Gasteiger charge is 2.41. The van der Waals surface area contributed by atoms with Crippen LogP contribution < -0.4 is 5.32 Å². The number of aryl methyl sites for hydroxylation is 1. The van der Waals surface area contributed by atoms with E-state index < -0.39 is 0 Å². The molecule has 0 amide bonds. The van der Waals surface area contributed by atoms with Gasteiger partial charge in [0, 0.05) is 19.1 Å². The average molecular weight is 255 g/mol. The van der Waals surface area contributed by atoms with E-state index in [-0.39, 0.29) is 0 Å². The third-order valence-corrected chi connectivity index (χ3v) is 4.90. The van der Waals surface area contributed by atoms with E-state index in [1.807, 2.05) is 12.1 Å². The number of hydrogen-bond donors (Lipinski definition) is 1. The summed E-state index contributed by atoms with van der Waals surface area (Å²) in [7, 11) is 0. The largest absolute Gasteiger partial charge is 0.316 e. The smallest absolute Gasteiger partial charge is 0.0991 e. The van der Waals surface area contributed by atoms with Crippen LogP contribution in [0.25, 0.3) is 0 Å². The van der Waals surface area contributed by atoms with Gasteiger partial charge in [-0.25, -0.2) is 0 Å². The normalized spacial score (nSPS) is 30.3. The topological polar surface area (TPSA) is 39.1 Å². The zero-order valence-electron chi connectivity index (χ0n) is 11.7. The Morgan fingerprint density at radius 1 is 1.42 bits per heavy atom. The number of nitriles is 1. The molecule has 2 heterocycles. The van der Waals surface area contributed by atoms with E-state index in [2.05, 4.69) is 36.2 Å². The number of hydrogen-bond acceptors (Lipinski definition) is 3. The molecule has 2 aliphatic heterocycles. The predicted octanol–water partition coefficient (Wildman–Crippen LogP) is 1.91. The Bertz CT molecular complexity index is 517. The molecule has 3 rings (SSSR count). The van der Waals surface area contributed by atoms with Crippen molar-refractivity contribution in [3.05, 3.63) is 34.9 Å². The lowest BCUT2D eigenvalue weighted by atomic mass is 9.95. The van der Waals surface area contributed by atoms with Crippen LogP contribution in [-0.4, -0.2) is 30.6 Å². The molecular weight excluding hydrogens is 234 g/mol. The van der Waals surface area contributed by atoms with Gasteiger partial charge in [-0.3, -0.25) is 4.90 Å². The molecule has 0 bridgehead atoms. The third kappa shape index (κ3) is 2.27. The molecule has 3 unspecified atom stereocenters. The highest BCUT2D eigenvalue weighted by molar-refractivity contribution is 5.37. The number of likely N-dealkylation sites (tertiary alicyclic amines) is 1. The van der Waals surface area contributed by atoms with Crippen LogP contribution in [0.4, 0.5) is 0 Å². The van der Waals surface area contributed by atoms with E-state index in [0.29, 0.717) is 6.04 Å². The quantitative estimate of drug-likeness (QED) is 0.877. The van der Waals surface area contributed by atoms with E-state index in [0.717, 1.165) is 23.9 Å². The van der Waals surface area contributed by atoms with Crippen molar-refractivity contribution in [3.8, 4) is 6.07 Å². The van der Waals surface area contributed by atoms with E-state index in [1.54, 1.807) is 0 Å². The lowest BCUT2D eigenvalue weighted by Gasteiger charge is -2.25. The first kappa shape index (κ1) is 12.7. The summed E-state index contributed by atoms with van der Waals surface area (Å²) in [5.74, 6) is 1.65. The van der Waals surface area contributed by atoms with E-state index >= 15 is 0 Å². The van der Waals surface area contributed by atoms with Gasteiger partial charge in [0.1, 0.15) is 0 Å². The molecule has 1 N–H and O–H groups in total. The van der Waals surface area contributed by atoms with Crippen LogP contribution in [0.1, 0.15) is 23.6 Å². The second-order valence-corrected chi connectivity index (χ2v) is 6.01. The van der Waals surface area contributed by atoms with Gasteiger partial charge in [0.05, 0.1) is 11.6 Å². The molecule has 0 aromatic heterocycles. The SMILES string of the molecule is Cc1cc(C#N)ccc1CN1CC2CNCC2C1C. The van der Waals surface area contributed by atoms with Crippen LogP contribution >= 0.6 is 0 Å². The fourth-order valence-electron chi connectivity index (χ4n) is 3.63. The molecule has 2 fully saturated rings. The first-order valence-corrected chi connectivity index (χ1v) is 7.13. The summed E-state index contributed by atoms with van der Waals surface area (Å²) < 4.78 is 0. The van der Waals surface area contributed by atoms with Gasteiger partial charge in [0.2, 0.25) is 0 Å². The molecule has 1 aromatic carbocycles. The minimum Gasteiger partial charge on any atom is -0.316 e. The molecule has 100 valence electrons. The van der Waals surface area contributed by atoms with Gasteiger partial charge < -0.3 is 5.32 Å². The summed E-state index contributed by atoms with van der Waals surface area (Å²) >= 11 is 0. The summed E-state index contributed by atoms with van der Waals surface area (Å²) in [6.45, 7) is 9.05. The van der Waals surface area contributed by atoms with Gasteiger partial charge in [-0.05, 0) is 62.0 Å². The van der Waals surface area contributed by atoms with E-state index in [1.165, 1.54) is 30.8 Å². The minimum atomic E-state index is 0.662. The van der Waals surface area contributed by atoms with Crippen LogP contribution in [0.2, 0.25) is 0 Å². The Morgan fingerprint density at radius 2 is 2.26 bits per heavy atom. The molecule has 2 aliphatic rings. The van der Waals surface area contributed by atoms with Crippen molar-refractivity contribution >= 4 is 0 Å². The third-order valence-electron chi connectivity index (χ3n) is 4.90. The summed E-state index contributed by atoms with van der Waals surface area (Å²) in [6, 6.07) is 8.92. The Balaban J connectivity index is 1.74. The maximum atomic E-state index is 8.92. The van der Waals surface area contributed by atoms with Crippen LogP contribution in [0.3, 0.4) is 0 Å². The van der Waals surface area contributed by atoms with Gasteiger partial charge in [0.25, 0.3) is 0 Å². The molecular formula is C16H21N3. The Morgan fingerprint density at radius 3 is 2.95 bits per heavy atom. The fourth-order valence-corrected chi connectivity index (χ4v) is 3.63. The number of rotatable bonds is 2. The van der Waals surface area contributed by atoms with Crippen molar-refractivity contribution in [2.24, 2.45) is 11.8 Å².